The highest BCUT2D eigenvalue weighted by Crippen LogP contribution is 2.28. The van der Waals surface area contributed by atoms with Crippen LogP contribution in [0.25, 0.3) is 10.8 Å². The van der Waals surface area contributed by atoms with Gasteiger partial charge >= 0.3 is 0 Å². The average Bonchev–Trinajstić information content (AvgIpc) is 2.70. The van der Waals surface area contributed by atoms with E-state index in [1.54, 1.807) is 5.57 Å². The zero-order chi connectivity index (χ0) is 18.0. The first kappa shape index (κ1) is 18.9. The standard InChI is InChI=1S/C23H31NO2/c1-2-25-16-17-26-23-13-12-20-10-6-7-11-21(20)22(23)18-24-15-14-19-8-4-3-5-9-19/h6-8,10-13,24H,2-5,9,14-18H2,1H3. The third kappa shape index (κ3) is 5.33. The number of rotatable bonds is 10. The molecule has 0 fully saturated rings. The van der Waals surface area contributed by atoms with Gasteiger partial charge in [0.15, 0.2) is 0 Å². The number of nitrogens with one attached hydrogen (secondary N) is 1. The number of benzene rings is 2. The van der Waals surface area contributed by atoms with Gasteiger partial charge in [0.05, 0.1) is 6.61 Å². The highest BCUT2D eigenvalue weighted by molar-refractivity contribution is 5.87. The molecule has 0 aliphatic heterocycles. The molecule has 3 rings (SSSR count). The lowest BCUT2D eigenvalue weighted by molar-refractivity contribution is 0.110. The van der Waals surface area contributed by atoms with Crippen molar-refractivity contribution in [3.05, 3.63) is 53.6 Å². The number of hydrogen-bond donors (Lipinski definition) is 1. The van der Waals surface area contributed by atoms with Crippen molar-refractivity contribution in [1.29, 1.82) is 0 Å². The molecule has 0 saturated carbocycles. The molecule has 0 bridgehead atoms. The van der Waals surface area contributed by atoms with Gasteiger partial charge in [-0.2, -0.15) is 0 Å². The lowest BCUT2D eigenvalue weighted by atomic mass is 9.97. The third-order valence-corrected chi connectivity index (χ3v) is 5.00. The van der Waals surface area contributed by atoms with Crippen LogP contribution < -0.4 is 10.1 Å². The molecule has 0 radical (unpaired) electrons. The summed E-state index contributed by atoms with van der Waals surface area (Å²) in [7, 11) is 0. The summed E-state index contributed by atoms with van der Waals surface area (Å²) in [6.45, 7) is 5.81. The van der Waals surface area contributed by atoms with Crippen LogP contribution >= 0.6 is 0 Å². The molecular weight excluding hydrogens is 322 g/mol. The number of hydrogen-bond acceptors (Lipinski definition) is 3. The van der Waals surface area contributed by atoms with Crippen LogP contribution in [0.15, 0.2) is 48.0 Å². The molecule has 0 heterocycles. The van der Waals surface area contributed by atoms with E-state index in [-0.39, 0.29) is 0 Å². The Morgan fingerprint density at radius 1 is 1.04 bits per heavy atom. The van der Waals surface area contributed by atoms with Crippen LogP contribution in [0.4, 0.5) is 0 Å². The molecule has 1 N–H and O–H groups in total. The molecular formula is C23H31NO2. The molecule has 0 spiro atoms. The average molecular weight is 354 g/mol. The van der Waals surface area contributed by atoms with Gasteiger partial charge in [0.2, 0.25) is 0 Å². The fourth-order valence-electron chi connectivity index (χ4n) is 3.58. The van der Waals surface area contributed by atoms with Crippen LogP contribution in [0, 0.1) is 0 Å². The van der Waals surface area contributed by atoms with Crippen molar-refractivity contribution in [2.24, 2.45) is 0 Å². The first-order valence-electron chi connectivity index (χ1n) is 9.98. The van der Waals surface area contributed by atoms with Gasteiger partial charge in [0, 0.05) is 18.7 Å². The predicted molar refractivity (Wildman–Crippen MR) is 109 cm³/mol. The molecule has 2 aromatic rings. The van der Waals surface area contributed by atoms with Gasteiger partial charge in [-0.05, 0) is 62.4 Å². The molecule has 2 aromatic carbocycles. The maximum absolute atomic E-state index is 6.02. The van der Waals surface area contributed by atoms with E-state index in [4.69, 9.17) is 9.47 Å². The Bertz CT molecular complexity index is 723. The summed E-state index contributed by atoms with van der Waals surface area (Å²) < 4.78 is 11.4. The van der Waals surface area contributed by atoms with Crippen molar-refractivity contribution in [1.82, 2.24) is 5.32 Å². The van der Waals surface area contributed by atoms with E-state index in [0.29, 0.717) is 13.2 Å². The Hall–Kier alpha value is -1.84. The molecule has 1 aliphatic rings. The fraction of sp³-hybridized carbons (Fsp3) is 0.478. The molecule has 0 unspecified atom stereocenters. The Morgan fingerprint density at radius 3 is 2.81 bits per heavy atom. The van der Waals surface area contributed by atoms with Crippen LogP contribution in [-0.4, -0.2) is 26.4 Å². The fourth-order valence-corrected chi connectivity index (χ4v) is 3.58. The van der Waals surface area contributed by atoms with Crippen LogP contribution in [0.2, 0.25) is 0 Å². The van der Waals surface area contributed by atoms with Crippen LogP contribution in [0.3, 0.4) is 0 Å². The normalized spacial score (nSPS) is 14.4. The van der Waals surface area contributed by atoms with Crippen LogP contribution in [-0.2, 0) is 11.3 Å². The van der Waals surface area contributed by atoms with E-state index in [1.165, 1.54) is 42.0 Å². The molecule has 0 amide bonds. The van der Waals surface area contributed by atoms with Crippen molar-refractivity contribution in [3.8, 4) is 5.75 Å². The minimum Gasteiger partial charge on any atom is -0.491 e. The summed E-state index contributed by atoms with van der Waals surface area (Å²) >= 11 is 0. The molecule has 140 valence electrons. The zero-order valence-corrected chi connectivity index (χ0v) is 15.9. The van der Waals surface area contributed by atoms with Gasteiger partial charge in [0.1, 0.15) is 12.4 Å². The van der Waals surface area contributed by atoms with Crippen molar-refractivity contribution < 1.29 is 9.47 Å². The smallest absolute Gasteiger partial charge is 0.124 e. The molecule has 26 heavy (non-hydrogen) atoms. The van der Waals surface area contributed by atoms with E-state index in [2.05, 4.69) is 47.8 Å². The predicted octanol–water partition coefficient (Wildman–Crippen LogP) is 5.24. The lowest BCUT2D eigenvalue weighted by Crippen LogP contribution is -2.17. The van der Waals surface area contributed by atoms with E-state index >= 15 is 0 Å². The van der Waals surface area contributed by atoms with Crippen molar-refractivity contribution >= 4 is 10.8 Å². The molecule has 0 saturated heterocycles. The summed E-state index contributed by atoms with van der Waals surface area (Å²) in [5.74, 6) is 0.966. The lowest BCUT2D eigenvalue weighted by Gasteiger charge is -2.16. The van der Waals surface area contributed by atoms with Gasteiger partial charge in [-0.15, -0.1) is 0 Å². The Balaban J connectivity index is 1.64. The van der Waals surface area contributed by atoms with Gasteiger partial charge in [-0.1, -0.05) is 42.0 Å². The quantitative estimate of drug-likeness (QED) is 0.468. The number of fused-ring (bicyclic) bond motifs is 1. The highest BCUT2D eigenvalue weighted by atomic mass is 16.5. The summed E-state index contributed by atoms with van der Waals surface area (Å²) in [4.78, 5) is 0. The summed E-state index contributed by atoms with van der Waals surface area (Å²) in [5, 5.41) is 6.16. The number of ether oxygens (including phenoxy) is 2. The van der Waals surface area contributed by atoms with Crippen LogP contribution in [0.5, 0.6) is 5.75 Å². The second kappa shape index (κ2) is 10.3. The minimum atomic E-state index is 0.589. The topological polar surface area (TPSA) is 30.5 Å². The maximum Gasteiger partial charge on any atom is 0.124 e. The van der Waals surface area contributed by atoms with E-state index < -0.39 is 0 Å². The summed E-state index contributed by atoms with van der Waals surface area (Å²) in [5.41, 5.74) is 2.87. The molecule has 0 atom stereocenters. The Labute approximate surface area is 157 Å². The SMILES string of the molecule is CCOCCOc1ccc2ccccc2c1CNCCC1=CCCCC1. The Kier molecular flexibility index (Phi) is 7.53. The second-order valence-electron chi connectivity index (χ2n) is 6.84. The van der Waals surface area contributed by atoms with Crippen molar-refractivity contribution in [3.63, 3.8) is 0 Å². The summed E-state index contributed by atoms with van der Waals surface area (Å²) in [6.07, 6.45) is 8.84. The van der Waals surface area contributed by atoms with Gasteiger partial charge in [-0.3, -0.25) is 0 Å². The molecule has 0 aromatic heterocycles. The number of allylic oxidation sites excluding steroid dienone is 1. The highest BCUT2D eigenvalue weighted by Gasteiger charge is 2.09. The Morgan fingerprint density at radius 2 is 1.96 bits per heavy atom. The van der Waals surface area contributed by atoms with E-state index in [9.17, 15) is 0 Å². The van der Waals surface area contributed by atoms with Gasteiger partial charge in [-0.25, -0.2) is 0 Å². The van der Waals surface area contributed by atoms with Gasteiger partial charge in [0.25, 0.3) is 0 Å². The van der Waals surface area contributed by atoms with Crippen molar-refractivity contribution in [2.45, 2.75) is 45.6 Å². The molecule has 3 nitrogen and oxygen atoms in total. The first-order chi connectivity index (χ1) is 12.9. The largest absolute Gasteiger partial charge is 0.491 e. The minimum absolute atomic E-state index is 0.589. The third-order valence-electron chi connectivity index (χ3n) is 5.00. The van der Waals surface area contributed by atoms with E-state index in [1.807, 2.05) is 6.92 Å². The molecule has 1 aliphatic carbocycles. The summed E-state index contributed by atoms with van der Waals surface area (Å²) in [6, 6.07) is 12.8. The zero-order valence-electron chi connectivity index (χ0n) is 15.9. The van der Waals surface area contributed by atoms with Gasteiger partial charge < -0.3 is 14.8 Å². The van der Waals surface area contributed by atoms with Crippen molar-refractivity contribution in [2.75, 3.05) is 26.4 Å². The van der Waals surface area contributed by atoms with E-state index in [0.717, 1.165) is 31.9 Å². The molecule has 3 heteroatoms. The second-order valence-corrected chi connectivity index (χ2v) is 6.84. The van der Waals surface area contributed by atoms with Crippen LogP contribution in [0.1, 0.15) is 44.6 Å². The first-order valence-corrected chi connectivity index (χ1v) is 9.98. The monoisotopic (exact) mass is 353 g/mol. The maximum atomic E-state index is 6.02.